The van der Waals surface area contributed by atoms with Crippen molar-refractivity contribution in [1.29, 1.82) is 0 Å². The number of rotatable bonds is 7. The van der Waals surface area contributed by atoms with Crippen molar-refractivity contribution in [2.45, 2.75) is 13.1 Å². The molecule has 0 aliphatic carbocycles. The summed E-state index contributed by atoms with van der Waals surface area (Å²) in [7, 11) is 0. The second kappa shape index (κ2) is 12.5. The first-order chi connectivity index (χ1) is 10.6. The average Bonchev–Trinajstić information content (AvgIpc) is 2.46. The third-order valence-corrected chi connectivity index (χ3v) is 4.31. The van der Waals surface area contributed by atoms with Gasteiger partial charge in [-0.2, -0.15) is 0 Å². The molecule has 2 rings (SSSR count). The summed E-state index contributed by atoms with van der Waals surface area (Å²) in [6, 6.07) is 11.0. The Balaban J connectivity index is 0.00000264. The van der Waals surface area contributed by atoms with Gasteiger partial charge in [-0.3, -0.25) is 0 Å². The van der Waals surface area contributed by atoms with Gasteiger partial charge in [-0.1, -0.05) is 58.5 Å². The van der Waals surface area contributed by atoms with Crippen molar-refractivity contribution in [1.82, 2.24) is 10.6 Å². The van der Waals surface area contributed by atoms with Crippen LogP contribution in [-0.2, 0) is 13.1 Å². The zero-order valence-corrected chi connectivity index (χ0v) is 17.3. The molecule has 0 aromatic heterocycles. The van der Waals surface area contributed by atoms with E-state index >= 15 is 0 Å². The third-order valence-electron chi connectivity index (χ3n) is 3.14. The number of halogens is 6. The summed E-state index contributed by atoms with van der Waals surface area (Å²) in [5.41, 5.74) is 2.07. The second-order valence-corrected chi connectivity index (χ2v) is 6.51. The van der Waals surface area contributed by atoms with E-state index in [0.717, 1.165) is 24.2 Å². The molecule has 0 bridgehead atoms. The molecule has 2 aromatic rings. The maximum Gasteiger partial charge on any atom is 0.0465 e. The zero-order chi connectivity index (χ0) is 15.9. The number of nitrogens with one attached hydrogen (secondary N) is 2. The van der Waals surface area contributed by atoms with E-state index in [1.807, 2.05) is 24.3 Å². The largest absolute Gasteiger partial charge is 0.311 e. The predicted octanol–water partition coefficient (Wildman–Crippen LogP) is 6.02. The van der Waals surface area contributed by atoms with Crippen LogP contribution in [0.3, 0.4) is 0 Å². The smallest absolute Gasteiger partial charge is 0.0465 e. The lowest BCUT2D eigenvalue weighted by molar-refractivity contribution is 0.611. The summed E-state index contributed by atoms with van der Waals surface area (Å²) in [6.45, 7) is 3.06. The van der Waals surface area contributed by atoms with Crippen LogP contribution in [0.4, 0.5) is 0 Å². The molecule has 0 saturated carbocycles. The average molecular weight is 451 g/mol. The van der Waals surface area contributed by atoms with Gasteiger partial charge in [-0.05, 0) is 35.4 Å². The Kier molecular flexibility index (Phi) is 12.5. The molecule has 0 fully saturated rings. The first-order valence-corrected chi connectivity index (χ1v) is 8.37. The molecule has 0 aliphatic rings. The van der Waals surface area contributed by atoms with Gasteiger partial charge in [-0.15, -0.1) is 24.8 Å². The van der Waals surface area contributed by atoms with Crippen molar-refractivity contribution in [3.63, 3.8) is 0 Å². The number of hydrogen-bond acceptors (Lipinski definition) is 2. The van der Waals surface area contributed by atoms with Crippen LogP contribution in [0.2, 0.25) is 20.1 Å². The molecular formula is C16H18Cl6N2. The summed E-state index contributed by atoms with van der Waals surface area (Å²) in [5.74, 6) is 0. The molecule has 134 valence electrons. The minimum Gasteiger partial charge on any atom is -0.311 e. The standard InChI is InChI=1S/C16H16Cl4N2.2ClH/c17-13-3-1-11(15(19)7-13)9-21-5-6-22-10-12-2-4-14(18)8-16(12)20;;/h1-4,7-8,21-22H,5-6,9-10H2;2*1H. The lowest BCUT2D eigenvalue weighted by Crippen LogP contribution is -2.26. The predicted molar refractivity (Wildman–Crippen MR) is 111 cm³/mol. The Morgan fingerprint density at radius 2 is 1.00 bits per heavy atom. The van der Waals surface area contributed by atoms with Crippen molar-refractivity contribution in [3.05, 3.63) is 67.6 Å². The highest BCUT2D eigenvalue weighted by Gasteiger charge is 2.02. The van der Waals surface area contributed by atoms with E-state index in [-0.39, 0.29) is 24.8 Å². The van der Waals surface area contributed by atoms with Crippen LogP contribution < -0.4 is 10.6 Å². The van der Waals surface area contributed by atoms with Crippen molar-refractivity contribution in [2.75, 3.05) is 13.1 Å². The van der Waals surface area contributed by atoms with Crippen molar-refractivity contribution < 1.29 is 0 Å². The fourth-order valence-electron chi connectivity index (χ4n) is 1.95. The van der Waals surface area contributed by atoms with Crippen LogP contribution in [0.25, 0.3) is 0 Å². The Morgan fingerprint density at radius 1 is 0.625 bits per heavy atom. The molecule has 0 amide bonds. The van der Waals surface area contributed by atoms with E-state index < -0.39 is 0 Å². The van der Waals surface area contributed by atoms with Gasteiger partial charge in [0.25, 0.3) is 0 Å². The van der Waals surface area contributed by atoms with Crippen LogP contribution in [0.15, 0.2) is 36.4 Å². The molecule has 2 aromatic carbocycles. The molecule has 0 unspecified atom stereocenters. The van der Waals surface area contributed by atoms with E-state index in [1.54, 1.807) is 12.1 Å². The highest BCUT2D eigenvalue weighted by atomic mass is 35.5. The first kappa shape index (κ1) is 24.1. The molecule has 0 aliphatic heterocycles. The highest BCUT2D eigenvalue weighted by molar-refractivity contribution is 6.35. The number of hydrogen-bond donors (Lipinski definition) is 2. The molecule has 0 atom stereocenters. The Bertz CT molecular complexity index is 580. The van der Waals surface area contributed by atoms with Gasteiger partial charge < -0.3 is 10.6 Å². The summed E-state index contributed by atoms with van der Waals surface area (Å²) in [4.78, 5) is 0. The summed E-state index contributed by atoms with van der Waals surface area (Å²) >= 11 is 24.0. The Labute approximate surface area is 175 Å². The summed E-state index contributed by atoms with van der Waals surface area (Å²) in [6.07, 6.45) is 0. The quantitative estimate of drug-likeness (QED) is 0.504. The number of benzene rings is 2. The van der Waals surface area contributed by atoms with Gasteiger partial charge in [-0.25, -0.2) is 0 Å². The fourth-order valence-corrected chi connectivity index (χ4v) is 2.90. The molecule has 8 heteroatoms. The summed E-state index contributed by atoms with van der Waals surface area (Å²) < 4.78 is 0. The first-order valence-electron chi connectivity index (χ1n) is 6.85. The molecule has 0 heterocycles. The normalized spacial score (nSPS) is 10.0. The van der Waals surface area contributed by atoms with E-state index in [4.69, 9.17) is 46.4 Å². The van der Waals surface area contributed by atoms with E-state index in [1.165, 1.54) is 0 Å². The van der Waals surface area contributed by atoms with Crippen LogP contribution >= 0.6 is 71.2 Å². The van der Waals surface area contributed by atoms with Crippen molar-refractivity contribution >= 4 is 71.2 Å². The van der Waals surface area contributed by atoms with E-state index in [0.29, 0.717) is 33.2 Å². The van der Waals surface area contributed by atoms with Gasteiger partial charge >= 0.3 is 0 Å². The van der Waals surface area contributed by atoms with Crippen LogP contribution in [0, 0.1) is 0 Å². The lowest BCUT2D eigenvalue weighted by atomic mass is 10.2. The van der Waals surface area contributed by atoms with E-state index in [9.17, 15) is 0 Å². The van der Waals surface area contributed by atoms with Gasteiger partial charge in [0.15, 0.2) is 0 Å². The maximum absolute atomic E-state index is 6.11. The second-order valence-electron chi connectivity index (χ2n) is 4.83. The van der Waals surface area contributed by atoms with Gasteiger partial charge in [0.05, 0.1) is 0 Å². The third kappa shape index (κ3) is 7.99. The Morgan fingerprint density at radius 3 is 1.33 bits per heavy atom. The van der Waals surface area contributed by atoms with Crippen LogP contribution in [0.5, 0.6) is 0 Å². The molecule has 2 nitrogen and oxygen atoms in total. The maximum atomic E-state index is 6.11. The molecule has 0 saturated heterocycles. The molecular weight excluding hydrogens is 433 g/mol. The lowest BCUT2D eigenvalue weighted by Gasteiger charge is -2.09. The monoisotopic (exact) mass is 448 g/mol. The minimum absolute atomic E-state index is 0. The van der Waals surface area contributed by atoms with Crippen molar-refractivity contribution in [2.24, 2.45) is 0 Å². The highest BCUT2D eigenvalue weighted by Crippen LogP contribution is 2.21. The molecule has 0 radical (unpaired) electrons. The van der Waals surface area contributed by atoms with Crippen molar-refractivity contribution in [3.8, 4) is 0 Å². The van der Waals surface area contributed by atoms with Crippen LogP contribution in [0.1, 0.15) is 11.1 Å². The van der Waals surface area contributed by atoms with E-state index in [2.05, 4.69) is 10.6 Å². The molecule has 2 N–H and O–H groups in total. The molecule has 0 spiro atoms. The van der Waals surface area contributed by atoms with Gasteiger partial charge in [0.1, 0.15) is 0 Å². The Hall–Kier alpha value is 0.1000. The van der Waals surface area contributed by atoms with Gasteiger partial charge in [0.2, 0.25) is 0 Å². The fraction of sp³-hybridized carbons (Fsp3) is 0.250. The minimum atomic E-state index is 0. The molecule has 24 heavy (non-hydrogen) atoms. The van der Waals surface area contributed by atoms with Crippen LogP contribution in [-0.4, -0.2) is 13.1 Å². The SMILES string of the molecule is Cl.Cl.Clc1ccc(CNCCNCc2ccc(Cl)cc2Cl)c(Cl)c1. The topological polar surface area (TPSA) is 24.1 Å². The summed E-state index contributed by atoms with van der Waals surface area (Å²) in [5, 5.41) is 9.32. The zero-order valence-electron chi connectivity index (χ0n) is 12.6. The van der Waals surface area contributed by atoms with Gasteiger partial charge in [0, 0.05) is 46.3 Å².